The Kier molecular flexibility index (Phi) is 4.57. The predicted octanol–water partition coefficient (Wildman–Crippen LogP) is 2.80. The first kappa shape index (κ1) is 13.9. The van der Waals surface area contributed by atoms with Gasteiger partial charge in [0.15, 0.2) is 0 Å². The minimum absolute atomic E-state index is 0.338. The molecule has 2 aromatic rings. The van der Waals surface area contributed by atoms with E-state index in [1.54, 1.807) is 19.2 Å². The molecular weight excluding hydrogens is 254 g/mol. The topological polar surface area (TPSA) is 76.4 Å². The van der Waals surface area contributed by atoms with Crippen molar-refractivity contribution in [2.45, 2.75) is 6.54 Å². The SMILES string of the molecule is COc1ccccc1NC(=O)Nc1ccccc1CN. The van der Waals surface area contributed by atoms with Crippen LogP contribution in [0.25, 0.3) is 0 Å². The number of anilines is 2. The number of urea groups is 1. The lowest BCUT2D eigenvalue weighted by atomic mass is 10.2. The fourth-order valence-corrected chi connectivity index (χ4v) is 1.84. The molecule has 5 heteroatoms. The van der Waals surface area contributed by atoms with Crippen molar-refractivity contribution in [3.05, 3.63) is 54.1 Å². The molecule has 2 aromatic carbocycles. The molecule has 0 aliphatic heterocycles. The molecule has 104 valence electrons. The van der Waals surface area contributed by atoms with E-state index in [1.165, 1.54) is 0 Å². The third-order valence-corrected chi connectivity index (χ3v) is 2.84. The molecule has 0 aromatic heterocycles. The summed E-state index contributed by atoms with van der Waals surface area (Å²) < 4.78 is 5.18. The van der Waals surface area contributed by atoms with E-state index < -0.39 is 0 Å². The second-order valence-corrected chi connectivity index (χ2v) is 4.14. The number of carbonyl (C=O) groups is 1. The van der Waals surface area contributed by atoms with Crippen LogP contribution in [0.3, 0.4) is 0 Å². The Morgan fingerprint density at radius 3 is 2.35 bits per heavy atom. The third kappa shape index (κ3) is 3.27. The van der Waals surface area contributed by atoms with Gasteiger partial charge in [-0.3, -0.25) is 0 Å². The van der Waals surface area contributed by atoms with Crippen LogP contribution in [0.2, 0.25) is 0 Å². The molecule has 20 heavy (non-hydrogen) atoms. The molecule has 0 radical (unpaired) electrons. The van der Waals surface area contributed by atoms with Crippen molar-refractivity contribution >= 4 is 17.4 Å². The van der Waals surface area contributed by atoms with E-state index in [1.807, 2.05) is 36.4 Å². The molecule has 2 amide bonds. The summed E-state index contributed by atoms with van der Waals surface area (Å²) in [6.45, 7) is 0.366. The number of carbonyl (C=O) groups excluding carboxylic acids is 1. The maximum absolute atomic E-state index is 12.0. The maximum Gasteiger partial charge on any atom is 0.323 e. The Morgan fingerprint density at radius 1 is 1.05 bits per heavy atom. The van der Waals surface area contributed by atoms with Crippen molar-refractivity contribution in [1.29, 1.82) is 0 Å². The van der Waals surface area contributed by atoms with E-state index in [2.05, 4.69) is 10.6 Å². The number of hydrogen-bond acceptors (Lipinski definition) is 3. The van der Waals surface area contributed by atoms with Crippen molar-refractivity contribution in [2.75, 3.05) is 17.7 Å². The highest BCUT2D eigenvalue weighted by Gasteiger charge is 2.08. The smallest absolute Gasteiger partial charge is 0.323 e. The number of amides is 2. The summed E-state index contributed by atoms with van der Waals surface area (Å²) in [5.74, 6) is 0.606. The maximum atomic E-state index is 12.0. The Morgan fingerprint density at radius 2 is 1.65 bits per heavy atom. The molecule has 0 aliphatic rings. The number of methoxy groups -OCH3 is 1. The van der Waals surface area contributed by atoms with Crippen LogP contribution >= 0.6 is 0 Å². The molecule has 0 saturated carbocycles. The van der Waals surface area contributed by atoms with E-state index in [4.69, 9.17) is 10.5 Å². The number of rotatable bonds is 4. The third-order valence-electron chi connectivity index (χ3n) is 2.84. The van der Waals surface area contributed by atoms with Gasteiger partial charge in [0.2, 0.25) is 0 Å². The van der Waals surface area contributed by atoms with Crippen molar-refractivity contribution < 1.29 is 9.53 Å². The van der Waals surface area contributed by atoms with Crippen LogP contribution in [0.15, 0.2) is 48.5 Å². The van der Waals surface area contributed by atoms with Crippen LogP contribution in [-0.2, 0) is 6.54 Å². The van der Waals surface area contributed by atoms with Crippen LogP contribution in [0.1, 0.15) is 5.56 Å². The zero-order valence-electron chi connectivity index (χ0n) is 11.2. The normalized spacial score (nSPS) is 9.90. The number of benzene rings is 2. The van der Waals surface area contributed by atoms with Gasteiger partial charge in [0.1, 0.15) is 5.75 Å². The van der Waals surface area contributed by atoms with E-state index in [-0.39, 0.29) is 6.03 Å². The lowest BCUT2D eigenvalue weighted by Crippen LogP contribution is -2.21. The highest BCUT2D eigenvalue weighted by molar-refractivity contribution is 6.01. The van der Waals surface area contributed by atoms with Crippen LogP contribution in [-0.4, -0.2) is 13.1 Å². The van der Waals surface area contributed by atoms with Gasteiger partial charge in [-0.05, 0) is 23.8 Å². The number of hydrogen-bond donors (Lipinski definition) is 3. The molecule has 0 bridgehead atoms. The summed E-state index contributed by atoms with van der Waals surface area (Å²) in [7, 11) is 1.56. The molecule has 5 nitrogen and oxygen atoms in total. The monoisotopic (exact) mass is 271 g/mol. The van der Waals surface area contributed by atoms with Gasteiger partial charge >= 0.3 is 6.03 Å². The molecule has 0 aliphatic carbocycles. The minimum Gasteiger partial charge on any atom is -0.495 e. The lowest BCUT2D eigenvalue weighted by Gasteiger charge is -2.12. The van der Waals surface area contributed by atoms with Gasteiger partial charge in [-0.2, -0.15) is 0 Å². The Hall–Kier alpha value is -2.53. The largest absolute Gasteiger partial charge is 0.495 e. The molecule has 2 rings (SSSR count). The highest BCUT2D eigenvalue weighted by atomic mass is 16.5. The Labute approximate surface area is 117 Å². The van der Waals surface area contributed by atoms with Crippen molar-refractivity contribution in [3.8, 4) is 5.75 Å². The van der Waals surface area contributed by atoms with Gasteiger partial charge in [0.25, 0.3) is 0 Å². The zero-order chi connectivity index (χ0) is 14.4. The molecule has 0 fully saturated rings. The second-order valence-electron chi connectivity index (χ2n) is 4.14. The molecular formula is C15H17N3O2. The molecule has 0 unspecified atom stereocenters. The highest BCUT2D eigenvalue weighted by Crippen LogP contribution is 2.23. The Balaban J connectivity index is 2.09. The van der Waals surface area contributed by atoms with Crippen molar-refractivity contribution in [2.24, 2.45) is 5.73 Å². The van der Waals surface area contributed by atoms with Gasteiger partial charge in [0.05, 0.1) is 12.8 Å². The summed E-state index contributed by atoms with van der Waals surface area (Å²) >= 11 is 0. The summed E-state index contributed by atoms with van der Waals surface area (Å²) in [4.78, 5) is 12.0. The molecule has 4 N–H and O–H groups in total. The van der Waals surface area contributed by atoms with Crippen molar-refractivity contribution in [3.63, 3.8) is 0 Å². The zero-order valence-corrected chi connectivity index (χ0v) is 11.2. The predicted molar refractivity (Wildman–Crippen MR) is 80.0 cm³/mol. The molecule has 0 heterocycles. The average molecular weight is 271 g/mol. The standard InChI is InChI=1S/C15H17N3O2/c1-20-14-9-5-4-8-13(14)18-15(19)17-12-7-3-2-6-11(12)10-16/h2-9H,10,16H2,1H3,(H2,17,18,19). The van der Waals surface area contributed by atoms with E-state index >= 15 is 0 Å². The molecule has 0 saturated heterocycles. The lowest BCUT2D eigenvalue weighted by molar-refractivity contribution is 0.262. The van der Waals surface area contributed by atoms with Crippen LogP contribution in [0, 0.1) is 0 Å². The fraction of sp³-hybridized carbons (Fsp3) is 0.133. The minimum atomic E-state index is -0.338. The number of ether oxygens (including phenoxy) is 1. The average Bonchev–Trinajstić information content (AvgIpc) is 2.48. The van der Waals surface area contributed by atoms with Crippen LogP contribution < -0.4 is 21.1 Å². The first-order valence-electron chi connectivity index (χ1n) is 6.23. The van der Waals surface area contributed by atoms with Gasteiger partial charge in [-0.1, -0.05) is 30.3 Å². The number of para-hydroxylation sites is 3. The van der Waals surface area contributed by atoms with Crippen LogP contribution in [0.4, 0.5) is 16.2 Å². The van der Waals surface area contributed by atoms with E-state index in [0.717, 1.165) is 5.56 Å². The van der Waals surface area contributed by atoms with E-state index in [0.29, 0.717) is 23.7 Å². The molecule has 0 atom stereocenters. The molecule has 0 spiro atoms. The van der Waals surface area contributed by atoms with Gasteiger partial charge in [-0.15, -0.1) is 0 Å². The fourth-order valence-electron chi connectivity index (χ4n) is 1.84. The van der Waals surface area contributed by atoms with E-state index in [9.17, 15) is 4.79 Å². The summed E-state index contributed by atoms with van der Waals surface area (Å²) in [6, 6.07) is 14.3. The van der Waals surface area contributed by atoms with Gasteiger partial charge in [0, 0.05) is 12.2 Å². The summed E-state index contributed by atoms with van der Waals surface area (Å²) in [5.41, 5.74) is 7.82. The number of nitrogens with two attached hydrogens (primary N) is 1. The van der Waals surface area contributed by atoms with Gasteiger partial charge < -0.3 is 21.1 Å². The second kappa shape index (κ2) is 6.58. The van der Waals surface area contributed by atoms with Gasteiger partial charge in [-0.25, -0.2) is 4.79 Å². The number of nitrogens with one attached hydrogen (secondary N) is 2. The first-order valence-corrected chi connectivity index (χ1v) is 6.23. The quantitative estimate of drug-likeness (QED) is 0.800. The summed E-state index contributed by atoms with van der Waals surface area (Å²) in [6.07, 6.45) is 0. The van der Waals surface area contributed by atoms with Crippen molar-refractivity contribution in [1.82, 2.24) is 0 Å². The van der Waals surface area contributed by atoms with Crippen LogP contribution in [0.5, 0.6) is 5.75 Å². The first-order chi connectivity index (χ1) is 9.74. The Bertz CT molecular complexity index is 548. The summed E-state index contributed by atoms with van der Waals surface area (Å²) in [5, 5.41) is 5.52.